The van der Waals surface area contributed by atoms with E-state index < -0.39 is 0 Å². The van der Waals surface area contributed by atoms with Crippen LogP contribution in [-0.2, 0) is 6.42 Å². The maximum Gasteiger partial charge on any atom is 0.201 e. The number of imidazole rings is 1. The van der Waals surface area contributed by atoms with Gasteiger partial charge in [0.2, 0.25) is 5.95 Å². The molecule has 4 aromatic rings. The van der Waals surface area contributed by atoms with Crippen LogP contribution in [0.5, 0.6) is 0 Å². The Morgan fingerprint density at radius 2 is 1.83 bits per heavy atom. The minimum Gasteiger partial charge on any atom is -0.394 e. The summed E-state index contributed by atoms with van der Waals surface area (Å²) < 4.78 is 0. The minimum absolute atomic E-state index is 0.0382. The maximum atomic E-state index is 9.72. The van der Waals surface area contributed by atoms with Crippen LogP contribution in [0, 0.1) is 0 Å². The number of aliphatic hydroxyl groups is 1. The number of nitrogens with zero attached hydrogens (tertiary/aromatic N) is 1. The number of rotatable bonds is 5. The molecule has 2 aromatic carbocycles. The lowest BCUT2D eigenvalue weighted by Gasteiger charge is -2.15. The van der Waals surface area contributed by atoms with Crippen LogP contribution in [0.2, 0.25) is 0 Å². The smallest absolute Gasteiger partial charge is 0.201 e. The highest BCUT2D eigenvalue weighted by Gasteiger charge is 2.13. The third-order valence-corrected chi connectivity index (χ3v) is 4.09. The largest absolute Gasteiger partial charge is 0.394 e. The molecule has 0 fully saturated rings. The second-order valence-electron chi connectivity index (χ2n) is 5.69. The van der Waals surface area contributed by atoms with Gasteiger partial charge < -0.3 is 20.4 Å². The quantitative estimate of drug-likeness (QED) is 0.458. The lowest BCUT2D eigenvalue weighted by molar-refractivity contribution is 0.273. The van der Waals surface area contributed by atoms with E-state index in [4.69, 9.17) is 0 Å². The Balaban J connectivity index is 1.56. The van der Waals surface area contributed by atoms with Crippen molar-refractivity contribution < 1.29 is 5.11 Å². The van der Waals surface area contributed by atoms with E-state index in [1.807, 2.05) is 42.6 Å². The highest BCUT2D eigenvalue weighted by atomic mass is 16.3. The van der Waals surface area contributed by atoms with Crippen molar-refractivity contribution >= 4 is 27.9 Å². The molecule has 0 aliphatic rings. The molecule has 1 unspecified atom stereocenters. The summed E-state index contributed by atoms with van der Waals surface area (Å²) >= 11 is 0. The van der Waals surface area contributed by atoms with Gasteiger partial charge in [-0.15, -0.1) is 0 Å². The monoisotopic (exact) mass is 306 g/mol. The molecule has 0 saturated heterocycles. The molecule has 0 aliphatic heterocycles. The first-order valence-corrected chi connectivity index (χ1v) is 7.70. The Bertz CT molecular complexity index is 907. The summed E-state index contributed by atoms with van der Waals surface area (Å²) in [5.41, 5.74) is 4.20. The van der Waals surface area contributed by atoms with Gasteiger partial charge in [-0.25, -0.2) is 4.98 Å². The van der Waals surface area contributed by atoms with Crippen molar-refractivity contribution in [1.82, 2.24) is 15.0 Å². The molecule has 5 nitrogen and oxygen atoms in total. The first-order chi connectivity index (χ1) is 11.3. The molecule has 23 heavy (non-hydrogen) atoms. The molecule has 0 aliphatic carbocycles. The molecule has 5 heteroatoms. The summed E-state index contributed by atoms with van der Waals surface area (Å²) in [4.78, 5) is 11.0. The summed E-state index contributed by atoms with van der Waals surface area (Å²) in [6.07, 6.45) is 2.73. The van der Waals surface area contributed by atoms with E-state index in [0.29, 0.717) is 5.95 Å². The number of aromatic nitrogens is 3. The molecule has 1 atom stereocenters. The molecular formula is C18H18N4O. The Kier molecular flexibility index (Phi) is 3.48. The van der Waals surface area contributed by atoms with Crippen LogP contribution < -0.4 is 5.32 Å². The summed E-state index contributed by atoms with van der Waals surface area (Å²) in [6, 6.07) is 16.0. The summed E-state index contributed by atoms with van der Waals surface area (Å²) in [7, 11) is 0. The molecule has 2 heterocycles. The van der Waals surface area contributed by atoms with Crippen LogP contribution in [0.3, 0.4) is 0 Å². The number of nitrogens with one attached hydrogen (secondary N) is 3. The van der Waals surface area contributed by atoms with Crippen LogP contribution >= 0.6 is 0 Å². The standard InChI is InChI=1S/C18H18N4O/c23-11-13(9-12-10-19-15-6-2-1-5-14(12)15)20-18-21-16-7-3-4-8-17(16)22-18/h1-8,10,13,19,23H,9,11H2,(H2,20,21,22). The fraction of sp³-hybridized carbons (Fsp3) is 0.167. The average Bonchev–Trinajstić information content (AvgIpc) is 3.18. The number of anilines is 1. The van der Waals surface area contributed by atoms with Gasteiger partial charge in [-0.2, -0.15) is 0 Å². The van der Waals surface area contributed by atoms with Gasteiger partial charge >= 0.3 is 0 Å². The predicted octanol–water partition coefficient (Wildman–Crippen LogP) is 3.06. The van der Waals surface area contributed by atoms with E-state index in [9.17, 15) is 5.11 Å². The number of para-hydroxylation sites is 3. The Labute approximate surface area is 133 Å². The predicted molar refractivity (Wildman–Crippen MR) is 92.6 cm³/mol. The third kappa shape index (κ3) is 2.66. The van der Waals surface area contributed by atoms with E-state index in [1.54, 1.807) is 0 Å². The van der Waals surface area contributed by atoms with Gasteiger partial charge in [0, 0.05) is 17.1 Å². The normalized spacial score (nSPS) is 12.7. The van der Waals surface area contributed by atoms with Crippen LogP contribution in [-0.4, -0.2) is 32.7 Å². The summed E-state index contributed by atoms with van der Waals surface area (Å²) in [5.74, 6) is 0.685. The highest BCUT2D eigenvalue weighted by Crippen LogP contribution is 2.20. The van der Waals surface area contributed by atoms with Crippen molar-refractivity contribution in [3.8, 4) is 0 Å². The number of fused-ring (bicyclic) bond motifs is 2. The van der Waals surface area contributed by atoms with Crippen LogP contribution in [0.1, 0.15) is 5.56 Å². The third-order valence-electron chi connectivity index (χ3n) is 4.09. The van der Waals surface area contributed by atoms with Crippen LogP contribution in [0.25, 0.3) is 21.9 Å². The Morgan fingerprint density at radius 1 is 1.04 bits per heavy atom. The molecular weight excluding hydrogens is 288 g/mol. The van der Waals surface area contributed by atoms with Crippen molar-refractivity contribution in [2.75, 3.05) is 11.9 Å². The highest BCUT2D eigenvalue weighted by molar-refractivity contribution is 5.83. The molecule has 2 aromatic heterocycles. The minimum atomic E-state index is -0.102. The lowest BCUT2D eigenvalue weighted by atomic mass is 10.1. The number of hydrogen-bond donors (Lipinski definition) is 4. The van der Waals surface area contributed by atoms with Crippen LogP contribution in [0.4, 0.5) is 5.95 Å². The Morgan fingerprint density at radius 3 is 2.65 bits per heavy atom. The van der Waals surface area contributed by atoms with E-state index in [-0.39, 0.29) is 12.6 Å². The molecule has 4 rings (SSSR count). The second kappa shape index (κ2) is 5.78. The van der Waals surface area contributed by atoms with Crippen LogP contribution in [0.15, 0.2) is 54.7 Å². The van der Waals surface area contributed by atoms with E-state index >= 15 is 0 Å². The fourth-order valence-electron chi connectivity index (χ4n) is 2.94. The van der Waals surface area contributed by atoms with Gasteiger partial charge in [-0.3, -0.25) is 0 Å². The fourth-order valence-corrected chi connectivity index (χ4v) is 2.94. The van der Waals surface area contributed by atoms with E-state index in [1.165, 1.54) is 10.9 Å². The van der Waals surface area contributed by atoms with Gasteiger partial charge in [0.05, 0.1) is 23.7 Å². The first-order valence-electron chi connectivity index (χ1n) is 7.70. The molecule has 116 valence electrons. The molecule has 0 spiro atoms. The summed E-state index contributed by atoms with van der Waals surface area (Å²) in [6.45, 7) is 0.0382. The molecule has 0 bridgehead atoms. The maximum absolute atomic E-state index is 9.72. The van der Waals surface area contributed by atoms with Crippen molar-refractivity contribution in [1.29, 1.82) is 0 Å². The zero-order chi connectivity index (χ0) is 15.6. The molecule has 0 radical (unpaired) electrons. The van der Waals surface area contributed by atoms with E-state index in [2.05, 4.69) is 32.4 Å². The zero-order valence-corrected chi connectivity index (χ0v) is 12.6. The number of aliphatic hydroxyl groups excluding tert-OH is 1. The Hall–Kier alpha value is -2.79. The van der Waals surface area contributed by atoms with Gasteiger partial charge in [0.15, 0.2) is 0 Å². The number of hydrogen-bond acceptors (Lipinski definition) is 3. The topological polar surface area (TPSA) is 76.7 Å². The van der Waals surface area contributed by atoms with Crippen molar-refractivity contribution in [3.63, 3.8) is 0 Å². The number of H-pyrrole nitrogens is 2. The molecule has 0 saturated carbocycles. The number of benzene rings is 2. The lowest BCUT2D eigenvalue weighted by Crippen LogP contribution is -2.26. The van der Waals surface area contributed by atoms with Gasteiger partial charge in [0.25, 0.3) is 0 Å². The first kappa shape index (κ1) is 13.8. The van der Waals surface area contributed by atoms with Crippen molar-refractivity contribution in [2.24, 2.45) is 0 Å². The van der Waals surface area contributed by atoms with Gasteiger partial charge in [-0.1, -0.05) is 30.3 Å². The van der Waals surface area contributed by atoms with Gasteiger partial charge in [-0.05, 0) is 30.2 Å². The zero-order valence-electron chi connectivity index (χ0n) is 12.6. The van der Waals surface area contributed by atoms with Crippen molar-refractivity contribution in [2.45, 2.75) is 12.5 Å². The number of aromatic amines is 2. The average molecular weight is 306 g/mol. The van der Waals surface area contributed by atoms with Crippen molar-refractivity contribution in [3.05, 3.63) is 60.3 Å². The molecule has 0 amide bonds. The second-order valence-corrected chi connectivity index (χ2v) is 5.69. The van der Waals surface area contributed by atoms with E-state index in [0.717, 1.165) is 23.0 Å². The molecule has 4 N–H and O–H groups in total. The SMILES string of the molecule is OCC(Cc1c[nH]c2ccccc12)Nc1nc2ccccc2[nH]1. The summed E-state index contributed by atoms with van der Waals surface area (Å²) in [5, 5.41) is 14.2. The van der Waals surface area contributed by atoms with Gasteiger partial charge in [0.1, 0.15) is 0 Å².